The number of nitrogens with zero attached hydrogens (tertiary/aromatic N) is 6. The predicted octanol–water partition coefficient (Wildman–Crippen LogP) is 6.74. The zero-order valence-corrected chi connectivity index (χ0v) is 22.2. The van der Waals surface area contributed by atoms with E-state index in [0.29, 0.717) is 0 Å². The fraction of sp³-hybridized carbons (Fsp3) is 0.161. The van der Waals surface area contributed by atoms with Gasteiger partial charge in [-0.1, -0.05) is 12.1 Å². The Morgan fingerprint density at radius 2 is 1.53 bits per heavy atom. The molecule has 6 aromatic rings. The van der Waals surface area contributed by atoms with Gasteiger partial charge in [0.15, 0.2) is 0 Å². The fourth-order valence-corrected chi connectivity index (χ4v) is 4.65. The van der Waals surface area contributed by atoms with Crippen molar-refractivity contribution in [1.29, 1.82) is 0 Å². The van der Waals surface area contributed by atoms with Crippen molar-refractivity contribution in [2.24, 2.45) is 0 Å². The lowest BCUT2D eigenvalue weighted by atomic mass is 10.00. The Balaban J connectivity index is 1.35. The summed E-state index contributed by atoms with van der Waals surface area (Å²) >= 11 is 0. The Hall–Kier alpha value is -4.78. The molecule has 0 radical (unpaired) electrons. The Labute approximate surface area is 221 Å². The minimum absolute atomic E-state index is 0.770. The van der Waals surface area contributed by atoms with Crippen molar-refractivity contribution in [1.82, 2.24) is 24.3 Å². The summed E-state index contributed by atoms with van der Waals surface area (Å²) in [7, 11) is 4.07. The maximum atomic E-state index is 4.90. The van der Waals surface area contributed by atoms with Gasteiger partial charge in [-0.25, -0.2) is 9.97 Å². The number of benzene rings is 1. The summed E-state index contributed by atoms with van der Waals surface area (Å²) in [5.41, 5.74) is 11.8. The molecule has 0 spiro atoms. The topological polar surface area (TPSA) is 71.2 Å². The number of aryl methyl sites for hydroxylation is 3. The van der Waals surface area contributed by atoms with Gasteiger partial charge in [0.2, 0.25) is 0 Å². The second-order valence-electron chi connectivity index (χ2n) is 9.90. The Kier molecular flexibility index (Phi) is 5.76. The molecular formula is C31H29N7. The number of anilines is 3. The van der Waals surface area contributed by atoms with Gasteiger partial charge >= 0.3 is 0 Å². The molecule has 1 aromatic carbocycles. The molecule has 5 aromatic heterocycles. The molecule has 5 heterocycles. The van der Waals surface area contributed by atoms with E-state index in [4.69, 9.17) is 15.0 Å². The Morgan fingerprint density at radius 3 is 2.37 bits per heavy atom. The van der Waals surface area contributed by atoms with Crippen molar-refractivity contribution in [3.05, 3.63) is 96.1 Å². The molecule has 0 atom stereocenters. The second kappa shape index (κ2) is 9.27. The van der Waals surface area contributed by atoms with Gasteiger partial charge in [0.25, 0.3) is 0 Å². The van der Waals surface area contributed by atoms with Crippen LogP contribution < -0.4 is 10.2 Å². The molecule has 0 bridgehead atoms. The van der Waals surface area contributed by atoms with Crippen LogP contribution in [-0.4, -0.2) is 38.4 Å². The summed E-state index contributed by atoms with van der Waals surface area (Å²) in [5, 5.41) is 3.46. The van der Waals surface area contributed by atoms with Gasteiger partial charge in [-0.2, -0.15) is 0 Å². The highest BCUT2D eigenvalue weighted by atomic mass is 15.1. The third kappa shape index (κ3) is 4.54. The van der Waals surface area contributed by atoms with Crippen LogP contribution in [0.4, 0.5) is 17.2 Å². The molecule has 6 rings (SSSR count). The maximum absolute atomic E-state index is 4.90. The van der Waals surface area contributed by atoms with Crippen LogP contribution in [0.15, 0.2) is 79.1 Å². The predicted molar refractivity (Wildman–Crippen MR) is 155 cm³/mol. The third-order valence-corrected chi connectivity index (χ3v) is 6.68. The SMILES string of the molecule is Cc1cc(Nc2ccc3nc(C)ccc3n2)cc(-c2cc(-c3cn4ccc(N(C)C)cc4n3)ccc2C)n1. The van der Waals surface area contributed by atoms with E-state index >= 15 is 0 Å². The van der Waals surface area contributed by atoms with Crippen LogP contribution in [0, 0.1) is 20.8 Å². The molecule has 0 fully saturated rings. The summed E-state index contributed by atoms with van der Waals surface area (Å²) in [6.07, 6.45) is 4.12. The van der Waals surface area contributed by atoms with Gasteiger partial charge < -0.3 is 14.6 Å². The van der Waals surface area contributed by atoms with E-state index in [2.05, 4.69) is 69.1 Å². The van der Waals surface area contributed by atoms with Gasteiger partial charge in [0.1, 0.15) is 11.5 Å². The highest BCUT2D eigenvalue weighted by molar-refractivity contribution is 5.79. The van der Waals surface area contributed by atoms with Crippen molar-refractivity contribution < 1.29 is 0 Å². The van der Waals surface area contributed by atoms with E-state index in [-0.39, 0.29) is 0 Å². The summed E-state index contributed by atoms with van der Waals surface area (Å²) in [6.45, 7) is 6.11. The maximum Gasteiger partial charge on any atom is 0.139 e. The van der Waals surface area contributed by atoms with Gasteiger partial charge in [-0.15, -0.1) is 0 Å². The average molecular weight is 500 g/mol. The van der Waals surface area contributed by atoms with Gasteiger partial charge in [0, 0.05) is 66.4 Å². The van der Waals surface area contributed by atoms with E-state index in [0.717, 1.165) is 73.3 Å². The zero-order chi connectivity index (χ0) is 26.4. The quantitative estimate of drug-likeness (QED) is 0.283. The van der Waals surface area contributed by atoms with Crippen LogP contribution in [0.2, 0.25) is 0 Å². The number of fused-ring (bicyclic) bond motifs is 2. The minimum Gasteiger partial charge on any atom is -0.378 e. The molecule has 0 saturated heterocycles. The minimum atomic E-state index is 0.770. The number of hydrogen-bond donors (Lipinski definition) is 1. The van der Waals surface area contributed by atoms with Crippen molar-refractivity contribution in [3.8, 4) is 22.5 Å². The molecule has 0 aliphatic rings. The first-order chi connectivity index (χ1) is 18.3. The summed E-state index contributed by atoms with van der Waals surface area (Å²) in [5.74, 6) is 0.770. The van der Waals surface area contributed by atoms with E-state index in [9.17, 15) is 0 Å². The largest absolute Gasteiger partial charge is 0.378 e. The molecule has 38 heavy (non-hydrogen) atoms. The van der Waals surface area contributed by atoms with Crippen LogP contribution in [0.3, 0.4) is 0 Å². The summed E-state index contributed by atoms with van der Waals surface area (Å²) < 4.78 is 2.06. The molecular weight excluding hydrogens is 470 g/mol. The second-order valence-corrected chi connectivity index (χ2v) is 9.90. The van der Waals surface area contributed by atoms with E-state index in [1.54, 1.807) is 0 Å². The molecule has 0 aliphatic carbocycles. The molecule has 1 N–H and O–H groups in total. The van der Waals surface area contributed by atoms with Crippen molar-refractivity contribution >= 4 is 33.9 Å². The number of imidazole rings is 1. The standard InChI is InChI=1S/C31H29N7/c1-19-6-8-22(29-18-38-13-12-24(37(4)5)17-31(38)36-29)15-25(19)28-16-23(14-21(3)33-28)34-30-11-10-26-27(35-30)9-7-20(2)32-26/h6-18H,1-5H3,(H,33,34,35). The molecule has 188 valence electrons. The van der Waals surface area contributed by atoms with Crippen LogP contribution >= 0.6 is 0 Å². The molecule has 0 saturated carbocycles. The van der Waals surface area contributed by atoms with E-state index < -0.39 is 0 Å². The van der Waals surface area contributed by atoms with E-state index in [1.807, 2.05) is 64.5 Å². The van der Waals surface area contributed by atoms with Crippen LogP contribution in [0.1, 0.15) is 17.0 Å². The van der Waals surface area contributed by atoms with Crippen LogP contribution in [-0.2, 0) is 0 Å². The zero-order valence-electron chi connectivity index (χ0n) is 22.2. The van der Waals surface area contributed by atoms with Crippen molar-refractivity contribution in [2.45, 2.75) is 20.8 Å². The number of pyridine rings is 4. The monoisotopic (exact) mass is 499 g/mol. The number of rotatable bonds is 5. The van der Waals surface area contributed by atoms with Gasteiger partial charge in [0.05, 0.1) is 22.4 Å². The number of nitrogens with one attached hydrogen (secondary N) is 1. The van der Waals surface area contributed by atoms with E-state index in [1.165, 1.54) is 0 Å². The average Bonchev–Trinajstić information content (AvgIpc) is 3.32. The molecule has 7 heteroatoms. The highest BCUT2D eigenvalue weighted by Crippen LogP contribution is 2.31. The summed E-state index contributed by atoms with van der Waals surface area (Å²) in [6, 6.07) is 22.7. The van der Waals surface area contributed by atoms with Gasteiger partial charge in [-0.3, -0.25) is 9.97 Å². The third-order valence-electron chi connectivity index (χ3n) is 6.68. The normalized spacial score (nSPS) is 11.3. The first kappa shape index (κ1) is 23.6. The molecule has 0 aliphatic heterocycles. The first-order valence-electron chi connectivity index (χ1n) is 12.6. The van der Waals surface area contributed by atoms with Crippen molar-refractivity contribution in [2.75, 3.05) is 24.3 Å². The van der Waals surface area contributed by atoms with Gasteiger partial charge in [-0.05, 0) is 74.9 Å². The smallest absolute Gasteiger partial charge is 0.139 e. The molecule has 7 nitrogen and oxygen atoms in total. The lowest BCUT2D eigenvalue weighted by Crippen LogP contribution is -2.08. The lowest BCUT2D eigenvalue weighted by Gasteiger charge is -2.12. The highest BCUT2D eigenvalue weighted by Gasteiger charge is 2.12. The van der Waals surface area contributed by atoms with Crippen LogP contribution in [0.25, 0.3) is 39.2 Å². The summed E-state index contributed by atoms with van der Waals surface area (Å²) in [4.78, 5) is 21.2. The van der Waals surface area contributed by atoms with Crippen LogP contribution in [0.5, 0.6) is 0 Å². The van der Waals surface area contributed by atoms with Crippen molar-refractivity contribution in [3.63, 3.8) is 0 Å². The molecule has 0 unspecified atom stereocenters. The Morgan fingerprint density at radius 1 is 0.711 bits per heavy atom. The Bertz CT molecular complexity index is 1820. The molecule has 0 amide bonds. The number of aromatic nitrogens is 5. The fourth-order valence-electron chi connectivity index (χ4n) is 4.65. The lowest BCUT2D eigenvalue weighted by molar-refractivity contribution is 1.10. The first-order valence-corrected chi connectivity index (χ1v) is 12.6. The number of hydrogen-bond acceptors (Lipinski definition) is 6.